The van der Waals surface area contributed by atoms with Crippen LogP contribution in [-0.2, 0) is 56.0 Å². The minimum atomic E-state index is -1.79. The summed E-state index contributed by atoms with van der Waals surface area (Å²) in [4.78, 5) is 124. The highest BCUT2D eigenvalue weighted by Crippen LogP contribution is 2.14. The molecule has 64 heavy (non-hydrogen) atoms. The first-order valence-electron chi connectivity index (χ1n) is 20.8. The van der Waals surface area contributed by atoms with E-state index in [1.165, 1.54) is 36.8 Å². The third-order valence-electron chi connectivity index (χ3n) is 9.61. The molecule has 0 radical (unpaired) electrons. The van der Waals surface area contributed by atoms with E-state index in [0.717, 1.165) is 0 Å². The normalized spacial score (nSPS) is 14.4. The molecule has 0 bridgehead atoms. The number of amides is 6. The number of imidazole rings is 1. The van der Waals surface area contributed by atoms with E-state index in [0.29, 0.717) is 17.7 Å². The maximum Gasteiger partial charge on any atom is 0.326 e. The van der Waals surface area contributed by atoms with Crippen LogP contribution in [0.25, 0.3) is 0 Å². The number of nitrogens with one attached hydrogen (secondary N) is 7. The van der Waals surface area contributed by atoms with E-state index in [1.807, 2.05) is 13.8 Å². The van der Waals surface area contributed by atoms with E-state index < -0.39 is 108 Å². The van der Waals surface area contributed by atoms with Crippen LogP contribution in [0.15, 0.2) is 36.8 Å². The lowest BCUT2D eigenvalue weighted by molar-refractivity contribution is -0.144. The number of nitrogens with two attached hydrogens (primary N) is 2. The van der Waals surface area contributed by atoms with Crippen molar-refractivity contribution in [3.63, 3.8) is 0 Å². The van der Waals surface area contributed by atoms with Gasteiger partial charge in [0.1, 0.15) is 42.0 Å². The Morgan fingerprint density at radius 3 is 1.53 bits per heavy atom. The maximum absolute atomic E-state index is 14.2. The zero-order chi connectivity index (χ0) is 48.1. The molecular formula is C41H62N10O13. The van der Waals surface area contributed by atoms with Gasteiger partial charge in [-0.25, -0.2) is 9.78 Å². The number of H-pyrrole nitrogens is 1. The second-order valence-corrected chi connectivity index (χ2v) is 16.2. The van der Waals surface area contributed by atoms with Crippen LogP contribution >= 0.6 is 0 Å². The van der Waals surface area contributed by atoms with E-state index in [1.54, 1.807) is 13.8 Å². The van der Waals surface area contributed by atoms with Gasteiger partial charge >= 0.3 is 17.9 Å². The fraction of sp³-hybridized carbons (Fsp3) is 0.561. The van der Waals surface area contributed by atoms with Crippen molar-refractivity contribution in [2.45, 2.75) is 128 Å². The highest BCUT2D eigenvalue weighted by Gasteiger charge is 2.35. The summed E-state index contributed by atoms with van der Waals surface area (Å²) < 4.78 is 0. The number of hydrogen-bond acceptors (Lipinski definition) is 13. The van der Waals surface area contributed by atoms with Gasteiger partial charge in [0.15, 0.2) is 0 Å². The Morgan fingerprint density at radius 1 is 0.609 bits per heavy atom. The standard InChI is InChI=1S/C41H62N10O13/c1-21(2)13-26(43)35(57)47-30(17-33(53)54)39(61)48-28(15-23-8-10-25(52)11-9-23)37(59)46-27(7-5-6-12-42)36(58)49-29(16-24-19-44-20-45-24)38(60)50-31(18-34(55)56)40(62)51-32(41(63)64)14-22(3)4/h8-11,19-22,26-32,52H,5-7,12-18,42-43H2,1-4H3,(H,44,45)(H,46,59)(H,47,57)(H,48,61)(H,49,58)(H,50,60)(H,51,62)(H,53,54)(H,55,56)(H,63,64)/t26-,27-,28-,29-,30-,31-,32-/m0/s1. The van der Waals surface area contributed by atoms with Gasteiger partial charge in [0.2, 0.25) is 35.4 Å². The first kappa shape index (κ1) is 53.5. The Bertz CT molecular complexity index is 1890. The Kier molecular flexibility index (Phi) is 22.4. The number of phenolic OH excluding ortho intramolecular Hbond substituents is 1. The predicted octanol–water partition coefficient (Wildman–Crippen LogP) is -1.61. The summed E-state index contributed by atoms with van der Waals surface area (Å²) in [6.07, 6.45) is 1.07. The van der Waals surface area contributed by atoms with E-state index in [9.17, 15) is 63.6 Å². The number of aromatic nitrogens is 2. The van der Waals surface area contributed by atoms with Crippen LogP contribution in [0.1, 0.15) is 83.9 Å². The second kappa shape index (κ2) is 26.8. The van der Waals surface area contributed by atoms with E-state index in [4.69, 9.17) is 11.5 Å². The number of carbonyl (C=O) groups is 9. The molecule has 23 nitrogen and oxygen atoms in total. The number of nitrogens with zero attached hydrogens (tertiary/aromatic N) is 1. The maximum atomic E-state index is 14.2. The number of unbranched alkanes of at least 4 members (excludes halogenated alkanes) is 1. The Hall–Kier alpha value is -6.62. The Morgan fingerprint density at radius 2 is 1.06 bits per heavy atom. The van der Waals surface area contributed by atoms with Crippen LogP contribution < -0.4 is 43.4 Å². The van der Waals surface area contributed by atoms with Crippen molar-refractivity contribution in [3.05, 3.63) is 48.0 Å². The quantitative estimate of drug-likeness (QED) is 0.0409. The van der Waals surface area contributed by atoms with E-state index in [-0.39, 0.29) is 62.7 Å². The number of carboxylic acids is 3. The summed E-state index contributed by atoms with van der Waals surface area (Å²) in [5.74, 6) is -10.5. The molecule has 0 aliphatic rings. The van der Waals surface area contributed by atoms with Gasteiger partial charge in [-0.05, 0) is 68.2 Å². The molecule has 2 aromatic rings. The number of carbonyl (C=O) groups excluding carboxylic acids is 6. The molecule has 23 heteroatoms. The third kappa shape index (κ3) is 19.6. The van der Waals surface area contributed by atoms with E-state index in [2.05, 4.69) is 41.9 Å². The van der Waals surface area contributed by atoms with Gasteiger partial charge in [0.25, 0.3) is 0 Å². The zero-order valence-corrected chi connectivity index (χ0v) is 36.3. The zero-order valence-electron chi connectivity index (χ0n) is 36.3. The van der Waals surface area contributed by atoms with Crippen LogP contribution in [0.4, 0.5) is 0 Å². The summed E-state index contributed by atoms with van der Waals surface area (Å²) in [6, 6.07) is -4.89. The monoisotopic (exact) mass is 902 g/mol. The molecule has 1 aromatic heterocycles. The van der Waals surface area contributed by atoms with Gasteiger partial charge in [-0.15, -0.1) is 0 Å². The van der Waals surface area contributed by atoms with Crippen LogP contribution in [0.3, 0.4) is 0 Å². The molecule has 6 amide bonds. The van der Waals surface area contributed by atoms with Gasteiger partial charge in [0, 0.05) is 24.7 Å². The molecule has 354 valence electrons. The summed E-state index contributed by atoms with van der Waals surface area (Å²) in [6.45, 7) is 7.26. The van der Waals surface area contributed by atoms with Gasteiger partial charge in [-0.3, -0.25) is 38.4 Å². The molecule has 1 aromatic carbocycles. The lowest BCUT2D eigenvalue weighted by atomic mass is 10.0. The summed E-state index contributed by atoms with van der Waals surface area (Å²) >= 11 is 0. The average Bonchev–Trinajstić information content (AvgIpc) is 3.72. The Balaban J connectivity index is 2.48. The summed E-state index contributed by atoms with van der Waals surface area (Å²) in [5.41, 5.74) is 12.4. The largest absolute Gasteiger partial charge is 0.508 e. The first-order valence-corrected chi connectivity index (χ1v) is 20.8. The molecule has 0 unspecified atom stereocenters. The van der Waals surface area contributed by atoms with Crippen LogP contribution in [-0.4, -0.2) is 133 Å². The van der Waals surface area contributed by atoms with E-state index >= 15 is 0 Å². The molecule has 7 atom stereocenters. The number of phenols is 1. The molecule has 15 N–H and O–H groups in total. The number of aliphatic carboxylic acids is 3. The minimum Gasteiger partial charge on any atom is -0.508 e. The first-order chi connectivity index (χ1) is 30.1. The second-order valence-electron chi connectivity index (χ2n) is 16.2. The fourth-order valence-corrected chi connectivity index (χ4v) is 6.38. The van der Waals surface area contributed by atoms with Crippen molar-refractivity contribution in [1.29, 1.82) is 0 Å². The third-order valence-corrected chi connectivity index (χ3v) is 9.61. The molecule has 0 spiro atoms. The molecule has 0 aliphatic carbocycles. The molecule has 0 saturated carbocycles. The molecular weight excluding hydrogens is 841 g/mol. The highest BCUT2D eigenvalue weighted by molar-refractivity contribution is 5.98. The molecule has 0 saturated heterocycles. The topological polar surface area (TPSA) is 387 Å². The van der Waals surface area contributed by atoms with Crippen molar-refractivity contribution in [2.24, 2.45) is 23.3 Å². The van der Waals surface area contributed by atoms with Crippen molar-refractivity contribution in [3.8, 4) is 5.75 Å². The molecule has 1 heterocycles. The fourth-order valence-electron chi connectivity index (χ4n) is 6.38. The number of benzene rings is 1. The predicted molar refractivity (Wildman–Crippen MR) is 228 cm³/mol. The average molecular weight is 903 g/mol. The van der Waals surface area contributed by atoms with Gasteiger partial charge in [-0.2, -0.15) is 0 Å². The van der Waals surface area contributed by atoms with Crippen LogP contribution in [0, 0.1) is 11.8 Å². The number of hydrogen-bond donors (Lipinski definition) is 13. The SMILES string of the molecule is CC(C)C[C@H](NC(=O)[C@H](CC(=O)O)NC(=O)[C@H](Cc1cnc[nH]1)NC(=O)[C@H](CCCCN)NC(=O)[C@H](Cc1ccc(O)cc1)NC(=O)[C@H](CC(=O)O)NC(=O)[C@@H](N)CC(C)C)C(=O)O. The number of aromatic amines is 1. The molecule has 0 fully saturated rings. The van der Waals surface area contributed by atoms with Gasteiger partial charge in [0.05, 0.1) is 25.2 Å². The lowest BCUT2D eigenvalue weighted by Crippen LogP contribution is -2.60. The molecule has 2 rings (SSSR count). The van der Waals surface area contributed by atoms with Crippen molar-refractivity contribution in [1.82, 2.24) is 41.9 Å². The van der Waals surface area contributed by atoms with Gasteiger partial charge < -0.3 is 68.8 Å². The molecule has 0 aliphatic heterocycles. The lowest BCUT2D eigenvalue weighted by Gasteiger charge is -2.27. The van der Waals surface area contributed by atoms with Crippen LogP contribution in [0.2, 0.25) is 0 Å². The van der Waals surface area contributed by atoms with Crippen molar-refractivity contribution in [2.75, 3.05) is 6.54 Å². The summed E-state index contributed by atoms with van der Waals surface area (Å²) in [7, 11) is 0. The van der Waals surface area contributed by atoms with Crippen molar-refractivity contribution >= 4 is 53.4 Å². The number of rotatable bonds is 29. The number of carboxylic acid groups (broad SMARTS) is 3. The smallest absolute Gasteiger partial charge is 0.326 e. The van der Waals surface area contributed by atoms with Gasteiger partial charge in [-0.1, -0.05) is 39.8 Å². The summed E-state index contributed by atoms with van der Waals surface area (Å²) in [5, 5.41) is 53.1. The highest BCUT2D eigenvalue weighted by atomic mass is 16.4. The van der Waals surface area contributed by atoms with Crippen molar-refractivity contribution < 1.29 is 63.6 Å². The van der Waals surface area contributed by atoms with Crippen LogP contribution in [0.5, 0.6) is 5.75 Å². The Labute approximate surface area is 369 Å². The number of aromatic hydroxyl groups is 1. The minimum absolute atomic E-state index is 0.00329.